The third-order valence-corrected chi connectivity index (χ3v) is 4.91. The van der Waals surface area contributed by atoms with Gasteiger partial charge in [-0.15, -0.1) is 11.3 Å². The highest BCUT2D eigenvalue weighted by Crippen LogP contribution is 2.48. The minimum absolute atomic E-state index is 0.842. The molecule has 0 amide bonds. The van der Waals surface area contributed by atoms with E-state index >= 15 is 0 Å². The molecule has 1 aromatic heterocycles. The van der Waals surface area contributed by atoms with Gasteiger partial charge in [0.25, 0.3) is 0 Å². The van der Waals surface area contributed by atoms with Gasteiger partial charge in [-0.3, -0.25) is 0 Å². The number of aryl methyl sites for hydroxylation is 2. The van der Waals surface area contributed by atoms with Crippen LogP contribution in [0.1, 0.15) is 40.3 Å². The lowest BCUT2D eigenvalue weighted by Gasteiger charge is -2.03. The molecule has 0 radical (unpaired) electrons. The summed E-state index contributed by atoms with van der Waals surface area (Å²) in [6.07, 6.45) is 2.77. The fourth-order valence-corrected chi connectivity index (χ4v) is 3.92. The average molecular weight is 245 g/mol. The van der Waals surface area contributed by atoms with Crippen molar-refractivity contribution in [3.63, 3.8) is 0 Å². The standard InChI is InChI=1S/C15H19NS/c1-9-6-12-13(7-10(9)2)17-14(8-16-3)15(12)11-4-5-11/h6-7,11,16H,4-5,8H2,1-3H3. The molecule has 0 aliphatic heterocycles. The van der Waals surface area contributed by atoms with Crippen molar-refractivity contribution in [2.75, 3.05) is 7.05 Å². The van der Waals surface area contributed by atoms with E-state index in [1.54, 1.807) is 10.4 Å². The molecule has 2 heteroatoms. The molecule has 1 aromatic carbocycles. The van der Waals surface area contributed by atoms with E-state index in [0.29, 0.717) is 0 Å². The molecule has 0 spiro atoms. The monoisotopic (exact) mass is 245 g/mol. The molecule has 0 unspecified atom stereocenters. The van der Waals surface area contributed by atoms with Crippen LogP contribution in [0.5, 0.6) is 0 Å². The Balaban J connectivity index is 2.23. The first-order valence-electron chi connectivity index (χ1n) is 6.38. The number of benzene rings is 1. The molecule has 0 atom stereocenters. The molecule has 1 N–H and O–H groups in total. The summed E-state index contributed by atoms with van der Waals surface area (Å²) in [6.45, 7) is 5.45. The third-order valence-electron chi connectivity index (χ3n) is 3.74. The Labute approximate surface area is 107 Å². The summed E-state index contributed by atoms with van der Waals surface area (Å²) in [4.78, 5) is 1.55. The normalized spacial score (nSPS) is 15.7. The highest BCUT2D eigenvalue weighted by Gasteiger charge is 2.29. The second-order valence-corrected chi connectivity index (χ2v) is 6.31. The second-order valence-electron chi connectivity index (χ2n) is 5.18. The topological polar surface area (TPSA) is 12.0 Å². The van der Waals surface area contributed by atoms with Crippen LogP contribution in [-0.2, 0) is 6.54 Å². The molecule has 2 aromatic rings. The van der Waals surface area contributed by atoms with Crippen LogP contribution in [0.15, 0.2) is 12.1 Å². The van der Waals surface area contributed by atoms with Crippen LogP contribution in [0.25, 0.3) is 10.1 Å². The molecule has 1 aliphatic carbocycles. The molecule has 1 heterocycles. The van der Waals surface area contributed by atoms with Crippen molar-refractivity contribution in [2.45, 2.75) is 39.2 Å². The number of fused-ring (bicyclic) bond motifs is 1. The minimum atomic E-state index is 0.842. The Morgan fingerprint density at radius 1 is 1.24 bits per heavy atom. The SMILES string of the molecule is CNCc1sc2cc(C)c(C)cc2c1C1CC1. The van der Waals surface area contributed by atoms with Gasteiger partial charge in [0.15, 0.2) is 0 Å². The molecular formula is C15H19NS. The van der Waals surface area contributed by atoms with Gasteiger partial charge in [-0.25, -0.2) is 0 Å². The minimum Gasteiger partial charge on any atom is -0.315 e. The first-order chi connectivity index (χ1) is 8.20. The van der Waals surface area contributed by atoms with E-state index in [9.17, 15) is 0 Å². The molecule has 0 bridgehead atoms. The van der Waals surface area contributed by atoms with Crippen LogP contribution in [0.3, 0.4) is 0 Å². The summed E-state index contributed by atoms with van der Waals surface area (Å²) in [6, 6.07) is 4.76. The Hall–Kier alpha value is -0.860. The van der Waals surface area contributed by atoms with Crippen molar-refractivity contribution >= 4 is 21.4 Å². The van der Waals surface area contributed by atoms with Crippen molar-refractivity contribution < 1.29 is 0 Å². The zero-order valence-electron chi connectivity index (χ0n) is 10.8. The molecule has 90 valence electrons. The van der Waals surface area contributed by atoms with Crippen molar-refractivity contribution in [1.82, 2.24) is 5.32 Å². The first kappa shape index (κ1) is 11.2. The summed E-state index contributed by atoms with van der Waals surface area (Å²) < 4.78 is 1.47. The summed E-state index contributed by atoms with van der Waals surface area (Å²) in [5, 5.41) is 4.83. The van der Waals surface area contributed by atoms with Gasteiger partial charge < -0.3 is 5.32 Å². The zero-order valence-corrected chi connectivity index (χ0v) is 11.6. The van der Waals surface area contributed by atoms with Gasteiger partial charge in [-0.2, -0.15) is 0 Å². The largest absolute Gasteiger partial charge is 0.315 e. The van der Waals surface area contributed by atoms with E-state index in [2.05, 4.69) is 31.3 Å². The van der Waals surface area contributed by atoms with Gasteiger partial charge in [0, 0.05) is 16.1 Å². The van der Waals surface area contributed by atoms with Crippen LogP contribution in [0, 0.1) is 13.8 Å². The Morgan fingerprint density at radius 2 is 1.94 bits per heavy atom. The Bertz CT molecular complexity index is 564. The van der Waals surface area contributed by atoms with Crippen molar-refractivity contribution in [2.24, 2.45) is 0 Å². The third kappa shape index (κ3) is 1.90. The van der Waals surface area contributed by atoms with Crippen LogP contribution in [0.2, 0.25) is 0 Å². The molecule has 0 saturated heterocycles. The van der Waals surface area contributed by atoms with Gasteiger partial charge in [0.05, 0.1) is 0 Å². The lowest BCUT2D eigenvalue weighted by molar-refractivity contribution is 0.821. The van der Waals surface area contributed by atoms with Crippen LogP contribution in [0.4, 0.5) is 0 Å². The van der Waals surface area contributed by atoms with Gasteiger partial charge >= 0.3 is 0 Å². The van der Waals surface area contributed by atoms with Gasteiger partial charge in [-0.1, -0.05) is 6.07 Å². The summed E-state index contributed by atoms with van der Waals surface area (Å²) >= 11 is 1.98. The van der Waals surface area contributed by atoms with Crippen molar-refractivity contribution in [1.29, 1.82) is 0 Å². The first-order valence-corrected chi connectivity index (χ1v) is 7.19. The lowest BCUT2D eigenvalue weighted by atomic mass is 10.0. The summed E-state index contributed by atoms with van der Waals surface area (Å²) in [7, 11) is 2.04. The summed E-state index contributed by atoms with van der Waals surface area (Å²) in [5.74, 6) is 0.842. The van der Waals surface area contributed by atoms with E-state index in [1.807, 2.05) is 18.4 Å². The molecule has 3 rings (SSSR count). The van der Waals surface area contributed by atoms with E-state index in [-0.39, 0.29) is 0 Å². The van der Waals surface area contributed by atoms with Crippen LogP contribution in [-0.4, -0.2) is 7.05 Å². The number of thiophene rings is 1. The van der Waals surface area contributed by atoms with Crippen LogP contribution >= 0.6 is 11.3 Å². The molecule has 17 heavy (non-hydrogen) atoms. The molecule has 1 saturated carbocycles. The van der Waals surface area contributed by atoms with Gasteiger partial charge in [0.2, 0.25) is 0 Å². The fourth-order valence-electron chi connectivity index (χ4n) is 2.53. The van der Waals surface area contributed by atoms with Gasteiger partial charge in [0.1, 0.15) is 0 Å². The number of rotatable bonds is 3. The maximum atomic E-state index is 3.31. The lowest BCUT2D eigenvalue weighted by Crippen LogP contribution is -2.04. The van der Waals surface area contributed by atoms with Gasteiger partial charge in [-0.05, 0) is 67.8 Å². The zero-order chi connectivity index (χ0) is 12.0. The molecule has 1 aliphatic rings. The van der Waals surface area contributed by atoms with Crippen LogP contribution < -0.4 is 5.32 Å². The molecule has 1 fully saturated rings. The smallest absolute Gasteiger partial charge is 0.0351 e. The predicted octanol–water partition coefficient (Wildman–Crippen LogP) is 4.11. The summed E-state index contributed by atoms with van der Waals surface area (Å²) in [5.41, 5.74) is 4.48. The Kier molecular flexibility index (Phi) is 2.72. The number of hydrogen-bond acceptors (Lipinski definition) is 2. The highest BCUT2D eigenvalue weighted by molar-refractivity contribution is 7.19. The van der Waals surface area contributed by atoms with Crippen molar-refractivity contribution in [3.05, 3.63) is 33.7 Å². The second kappa shape index (κ2) is 4.11. The van der Waals surface area contributed by atoms with Crippen molar-refractivity contribution in [3.8, 4) is 0 Å². The quantitative estimate of drug-likeness (QED) is 0.858. The van der Waals surface area contributed by atoms with E-state index in [4.69, 9.17) is 0 Å². The fraction of sp³-hybridized carbons (Fsp3) is 0.467. The number of hydrogen-bond donors (Lipinski definition) is 1. The molecule has 1 nitrogen and oxygen atoms in total. The van der Waals surface area contributed by atoms with E-state index < -0.39 is 0 Å². The van der Waals surface area contributed by atoms with E-state index in [1.165, 1.54) is 34.1 Å². The Morgan fingerprint density at radius 3 is 2.59 bits per heavy atom. The molecular weight excluding hydrogens is 226 g/mol. The predicted molar refractivity (Wildman–Crippen MR) is 76.0 cm³/mol. The maximum absolute atomic E-state index is 3.31. The maximum Gasteiger partial charge on any atom is 0.0351 e. The average Bonchev–Trinajstić information content (AvgIpc) is 3.05. The van der Waals surface area contributed by atoms with E-state index in [0.717, 1.165) is 12.5 Å². The highest BCUT2D eigenvalue weighted by atomic mass is 32.1. The number of nitrogens with one attached hydrogen (secondary N) is 1.